The molecule has 3 fully saturated rings. The van der Waals surface area contributed by atoms with Gasteiger partial charge in [-0.1, -0.05) is 0 Å². The largest absolute Gasteiger partial charge is 0.393 e. The highest BCUT2D eigenvalue weighted by Gasteiger charge is 2.57. The Balaban J connectivity index is 1.40. The lowest BCUT2D eigenvalue weighted by atomic mass is 9.87. The third-order valence-electron chi connectivity index (χ3n) is 5.49. The summed E-state index contributed by atoms with van der Waals surface area (Å²) in [6.07, 6.45) is 7.25. The van der Waals surface area contributed by atoms with Crippen molar-refractivity contribution in [3.63, 3.8) is 0 Å². The van der Waals surface area contributed by atoms with E-state index in [1.165, 1.54) is 12.8 Å². The summed E-state index contributed by atoms with van der Waals surface area (Å²) in [6, 6.07) is 0. The highest BCUT2D eigenvalue weighted by molar-refractivity contribution is 5.82. The summed E-state index contributed by atoms with van der Waals surface area (Å²) in [4.78, 5) is 12.2. The normalized spacial score (nSPS) is 37.0. The first kappa shape index (κ1) is 13.4. The number of piperidine rings is 1. The van der Waals surface area contributed by atoms with Crippen molar-refractivity contribution in [2.45, 2.75) is 51.0 Å². The molecule has 3 N–H and O–H groups in total. The first-order valence-electron chi connectivity index (χ1n) is 7.86. The Labute approximate surface area is 115 Å². The lowest BCUT2D eigenvalue weighted by molar-refractivity contribution is -0.123. The van der Waals surface area contributed by atoms with E-state index in [0.717, 1.165) is 51.7 Å². The zero-order valence-corrected chi connectivity index (χ0v) is 11.7. The second-order valence-corrected chi connectivity index (χ2v) is 6.79. The van der Waals surface area contributed by atoms with Crippen LogP contribution in [0, 0.1) is 17.3 Å². The summed E-state index contributed by atoms with van der Waals surface area (Å²) in [7, 11) is 0. The molecule has 2 saturated carbocycles. The van der Waals surface area contributed by atoms with Gasteiger partial charge in [0, 0.05) is 12.5 Å². The van der Waals surface area contributed by atoms with Crippen LogP contribution in [0.4, 0.5) is 0 Å². The van der Waals surface area contributed by atoms with E-state index in [-0.39, 0.29) is 17.9 Å². The molecule has 1 spiro atoms. The molecule has 1 unspecified atom stereocenters. The minimum Gasteiger partial charge on any atom is -0.393 e. The standard InChI is InChI=1S/C15H26N2O2/c18-12-3-1-11(2-4-12)10-17-14(19)13-9-15(13)5-7-16-8-6-15/h11-13,16,18H,1-10H2,(H,17,19). The molecule has 4 nitrogen and oxygen atoms in total. The molecule has 19 heavy (non-hydrogen) atoms. The molecule has 1 atom stereocenters. The maximum Gasteiger partial charge on any atom is 0.223 e. The van der Waals surface area contributed by atoms with Crippen molar-refractivity contribution in [3.8, 4) is 0 Å². The van der Waals surface area contributed by atoms with Crippen LogP contribution in [0.2, 0.25) is 0 Å². The minimum atomic E-state index is -0.103. The molecule has 1 saturated heterocycles. The van der Waals surface area contributed by atoms with E-state index in [2.05, 4.69) is 10.6 Å². The number of nitrogens with one attached hydrogen (secondary N) is 2. The first-order chi connectivity index (χ1) is 9.20. The predicted octanol–water partition coefficient (Wildman–Crippen LogP) is 1.04. The second kappa shape index (κ2) is 5.41. The second-order valence-electron chi connectivity index (χ2n) is 6.79. The van der Waals surface area contributed by atoms with Gasteiger partial charge in [-0.3, -0.25) is 4.79 Å². The van der Waals surface area contributed by atoms with Crippen molar-refractivity contribution in [3.05, 3.63) is 0 Å². The molecule has 108 valence electrons. The maximum atomic E-state index is 12.2. The molecular weight excluding hydrogens is 240 g/mol. The van der Waals surface area contributed by atoms with Crippen molar-refractivity contribution in [1.82, 2.24) is 10.6 Å². The summed E-state index contributed by atoms with van der Waals surface area (Å²) in [6.45, 7) is 2.96. The average molecular weight is 266 g/mol. The van der Waals surface area contributed by atoms with Crippen LogP contribution in [-0.4, -0.2) is 36.8 Å². The van der Waals surface area contributed by atoms with E-state index in [1.807, 2.05) is 0 Å². The number of carbonyl (C=O) groups excluding carboxylic acids is 1. The van der Waals surface area contributed by atoms with E-state index < -0.39 is 0 Å². The maximum absolute atomic E-state index is 12.2. The van der Waals surface area contributed by atoms with Gasteiger partial charge in [0.25, 0.3) is 0 Å². The van der Waals surface area contributed by atoms with Gasteiger partial charge in [0.15, 0.2) is 0 Å². The van der Waals surface area contributed by atoms with Crippen molar-refractivity contribution in [1.29, 1.82) is 0 Å². The lowest BCUT2D eigenvalue weighted by Gasteiger charge is -2.26. The molecule has 0 aromatic rings. The van der Waals surface area contributed by atoms with Crippen LogP contribution < -0.4 is 10.6 Å². The monoisotopic (exact) mass is 266 g/mol. The molecule has 1 aliphatic heterocycles. The molecule has 0 aromatic carbocycles. The Kier molecular flexibility index (Phi) is 3.81. The molecule has 4 heteroatoms. The van der Waals surface area contributed by atoms with Crippen molar-refractivity contribution >= 4 is 5.91 Å². The molecule has 0 aromatic heterocycles. The average Bonchev–Trinajstić information content (AvgIpc) is 3.12. The molecule has 1 amide bonds. The molecular formula is C15H26N2O2. The first-order valence-corrected chi connectivity index (χ1v) is 7.86. The summed E-state index contributed by atoms with van der Waals surface area (Å²) in [5, 5.41) is 16.0. The quantitative estimate of drug-likeness (QED) is 0.715. The Morgan fingerprint density at radius 1 is 1.21 bits per heavy atom. The van der Waals surface area contributed by atoms with Crippen molar-refractivity contribution in [2.75, 3.05) is 19.6 Å². The smallest absolute Gasteiger partial charge is 0.223 e. The van der Waals surface area contributed by atoms with Gasteiger partial charge in [-0.25, -0.2) is 0 Å². The summed E-state index contributed by atoms with van der Waals surface area (Å²) >= 11 is 0. The van der Waals surface area contributed by atoms with Gasteiger partial charge in [-0.2, -0.15) is 0 Å². The molecule has 3 aliphatic rings. The van der Waals surface area contributed by atoms with Gasteiger partial charge in [0.05, 0.1) is 6.10 Å². The Morgan fingerprint density at radius 2 is 1.89 bits per heavy atom. The number of rotatable bonds is 3. The van der Waals surface area contributed by atoms with Crippen LogP contribution in [0.5, 0.6) is 0 Å². The zero-order valence-electron chi connectivity index (χ0n) is 11.7. The minimum absolute atomic E-state index is 0.103. The number of amides is 1. The Bertz CT molecular complexity index is 331. The molecule has 0 bridgehead atoms. The third-order valence-corrected chi connectivity index (χ3v) is 5.49. The summed E-state index contributed by atoms with van der Waals surface area (Å²) < 4.78 is 0. The molecule has 3 rings (SSSR count). The van der Waals surface area contributed by atoms with Gasteiger partial charge in [-0.05, 0) is 69.4 Å². The van der Waals surface area contributed by atoms with Crippen molar-refractivity contribution < 1.29 is 9.90 Å². The Hall–Kier alpha value is -0.610. The van der Waals surface area contributed by atoms with Crippen LogP contribution in [0.25, 0.3) is 0 Å². The number of hydrogen-bond donors (Lipinski definition) is 3. The predicted molar refractivity (Wildman–Crippen MR) is 73.6 cm³/mol. The van der Waals surface area contributed by atoms with Crippen LogP contribution in [0.15, 0.2) is 0 Å². The topological polar surface area (TPSA) is 61.4 Å². The SMILES string of the molecule is O=C(NCC1CCC(O)CC1)C1CC12CCNCC2. The van der Waals surface area contributed by atoms with E-state index in [1.54, 1.807) is 0 Å². The Morgan fingerprint density at radius 3 is 2.58 bits per heavy atom. The highest BCUT2D eigenvalue weighted by atomic mass is 16.3. The van der Waals surface area contributed by atoms with Crippen molar-refractivity contribution in [2.24, 2.45) is 17.3 Å². The fourth-order valence-corrected chi connectivity index (χ4v) is 3.91. The zero-order chi connectivity index (χ0) is 13.3. The number of hydrogen-bond acceptors (Lipinski definition) is 3. The molecule has 1 heterocycles. The number of aliphatic hydroxyl groups excluding tert-OH is 1. The van der Waals surface area contributed by atoms with Gasteiger partial charge < -0.3 is 15.7 Å². The number of carbonyl (C=O) groups is 1. The highest BCUT2D eigenvalue weighted by Crippen LogP contribution is 2.58. The van der Waals surface area contributed by atoms with Gasteiger partial charge in [0.1, 0.15) is 0 Å². The summed E-state index contributed by atoms with van der Waals surface area (Å²) in [5.41, 5.74) is 0.345. The fraction of sp³-hybridized carbons (Fsp3) is 0.933. The van der Waals surface area contributed by atoms with E-state index in [9.17, 15) is 9.90 Å². The van der Waals surface area contributed by atoms with E-state index in [4.69, 9.17) is 0 Å². The van der Waals surface area contributed by atoms with Crippen LogP contribution in [0.3, 0.4) is 0 Å². The lowest BCUT2D eigenvalue weighted by Crippen LogP contribution is -2.36. The van der Waals surface area contributed by atoms with E-state index >= 15 is 0 Å². The van der Waals surface area contributed by atoms with Crippen LogP contribution in [-0.2, 0) is 4.79 Å². The number of aliphatic hydroxyl groups is 1. The molecule has 2 aliphatic carbocycles. The van der Waals surface area contributed by atoms with Crippen LogP contribution >= 0.6 is 0 Å². The molecule has 0 radical (unpaired) electrons. The van der Waals surface area contributed by atoms with E-state index in [0.29, 0.717) is 11.3 Å². The van der Waals surface area contributed by atoms with Gasteiger partial charge >= 0.3 is 0 Å². The summed E-state index contributed by atoms with van der Waals surface area (Å²) in [5.74, 6) is 1.15. The third kappa shape index (κ3) is 2.95. The van der Waals surface area contributed by atoms with Gasteiger partial charge in [0.2, 0.25) is 5.91 Å². The van der Waals surface area contributed by atoms with Gasteiger partial charge in [-0.15, -0.1) is 0 Å². The van der Waals surface area contributed by atoms with Crippen LogP contribution in [0.1, 0.15) is 44.9 Å². The fourth-order valence-electron chi connectivity index (χ4n) is 3.91.